The molecule has 2 heterocycles. The summed E-state index contributed by atoms with van der Waals surface area (Å²) >= 11 is 0. The van der Waals surface area contributed by atoms with E-state index in [9.17, 15) is 23.1 Å². The Kier molecular flexibility index (Phi) is 6.64. The summed E-state index contributed by atoms with van der Waals surface area (Å²) in [6, 6.07) is 12.1. The number of aliphatic carboxylic acids is 1. The molecule has 0 saturated heterocycles. The minimum Gasteiger partial charge on any atom is -0.480 e. The number of carboxylic acids is 1. The molecule has 10 nitrogen and oxygen atoms in total. The quantitative estimate of drug-likeness (QED) is 0.533. The zero-order valence-electron chi connectivity index (χ0n) is 19.5. The van der Waals surface area contributed by atoms with Crippen LogP contribution in [0.3, 0.4) is 0 Å². The molecular formula is C24H26N4O6S. The average Bonchev–Trinajstić information content (AvgIpc) is 3.18. The van der Waals surface area contributed by atoms with E-state index >= 15 is 0 Å². The fraction of sp³-hybridized carbons (Fsp3) is 0.292. The van der Waals surface area contributed by atoms with E-state index in [4.69, 9.17) is 4.74 Å². The van der Waals surface area contributed by atoms with Gasteiger partial charge in [-0.3, -0.25) is 10.1 Å². The zero-order valence-corrected chi connectivity index (χ0v) is 20.3. The summed E-state index contributed by atoms with van der Waals surface area (Å²) in [6.45, 7) is 3.41. The van der Waals surface area contributed by atoms with Crippen molar-refractivity contribution < 1.29 is 27.9 Å². The third-order valence-electron chi connectivity index (χ3n) is 5.74. The number of aromatic nitrogens is 2. The molecule has 1 aliphatic rings. The third kappa shape index (κ3) is 5.05. The summed E-state index contributed by atoms with van der Waals surface area (Å²) in [7, 11) is -2.32. The normalized spacial score (nSPS) is 16.1. The molecule has 0 fully saturated rings. The Labute approximate surface area is 203 Å². The summed E-state index contributed by atoms with van der Waals surface area (Å²) in [4.78, 5) is 27.9. The van der Waals surface area contributed by atoms with Gasteiger partial charge in [-0.2, -0.15) is 4.31 Å². The van der Waals surface area contributed by atoms with Gasteiger partial charge in [0.1, 0.15) is 6.04 Å². The lowest BCUT2D eigenvalue weighted by Gasteiger charge is -2.31. The van der Waals surface area contributed by atoms with Crippen LogP contribution in [0, 0.1) is 0 Å². The Morgan fingerprint density at radius 2 is 1.69 bits per heavy atom. The highest BCUT2D eigenvalue weighted by Crippen LogP contribution is 2.30. The molecule has 0 saturated carbocycles. The maximum Gasteiger partial charge on any atom is 0.411 e. The van der Waals surface area contributed by atoms with Gasteiger partial charge in [0.2, 0.25) is 10.0 Å². The second-order valence-corrected chi connectivity index (χ2v) is 10.4. The van der Waals surface area contributed by atoms with E-state index in [0.717, 1.165) is 21.1 Å². The van der Waals surface area contributed by atoms with Gasteiger partial charge in [0.25, 0.3) is 0 Å². The first-order chi connectivity index (χ1) is 16.6. The van der Waals surface area contributed by atoms with Crippen molar-refractivity contribution in [2.24, 2.45) is 7.05 Å². The zero-order chi connectivity index (χ0) is 25.3. The van der Waals surface area contributed by atoms with Gasteiger partial charge in [-0.15, -0.1) is 0 Å². The number of carboxylic acid groups (broad SMARTS) is 1. The molecule has 0 aliphatic carbocycles. The average molecular weight is 499 g/mol. The molecule has 184 valence electrons. The molecule has 3 aromatic rings. The highest BCUT2D eigenvalue weighted by molar-refractivity contribution is 7.89. The molecule has 1 amide bonds. The number of imidazole rings is 1. The van der Waals surface area contributed by atoms with Crippen LogP contribution in [0.4, 0.5) is 10.5 Å². The molecule has 11 heteroatoms. The van der Waals surface area contributed by atoms with Gasteiger partial charge in [-0.1, -0.05) is 24.3 Å². The lowest BCUT2D eigenvalue weighted by atomic mass is 10.1. The molecule has 2 aromatic carbocycles. The number of nitrogens with zero attached hydrogens (tertiary/aromatic N) is 3. The smallest absolute Gasteiger partial charge is 0.411 e. The van der Waals surface area contributed by atoms with Crippen LogP contribution in [0.1, 0.15) is 25.2 Å². The standard InChI is InChI=1S/C24H26N4O6S/c1-15(2)34-24(31)26-18-8-4-16(5-9-18)17-6-10-19(11-7-17)35(32,33)28-13-20-21(27(3)14-25-20)12-22(28)23(29)30/h4-11,14-15,22H,12-13H2,1-3H3,(H,26,31)(H,29,30)/t22-/m1/s1. The first-order valence-corrected chi connectivity index (χ1v) is 12.4. The summed E-state index contributed by atoms with van der Waals surface area (Å²) in [5.74, 6) is -1.21. The predicted molar refractivity (Wildman–Crippen MR) is 128 cm³/mol. The number of nitrogens with one attached hydrogen (secondary N) is 1. The number of hydrogen-bond donors (Lipinski definition) is 2. The number of ether oxygens (including phenoxy) is 1. The highest BCUT2D eigenvalue weighted by Gasteiger charge is 2.41. The van der Waals surface area contributed by atoms with Crippen molar-refractivity contribution in [3.63, 3.8) is 0 Å². The Morgan fingerprint density at radius 3 is 2.26 bits per heavy atom. The molecule has 1 aromatic heterocycles. The number of amides is 1. The van der Waals surface area contributed by atoms with Crippen LogP contribution in [0.2, 0.25) is 0 Å². The van der Waals surface area contributed by atoms with E-state index in [2.05, 4.69) is 10.3 Å². The number of anilines is 1. The molecule has 1 atom stereocenters. The van der Waals surface area contributed by atoms with Crippen molar-refractivity contribution in [2.75, 3.05) is 5.32 Å². The summed E-state index contributed by atoms with van der Waals surface area (Å²) < 4.78 is 34.5. The maximum absolute atomic E-state index is 13.4. The molecule has 4 rings (SSSR count). The van der Waals surface area contributed by atoms with Crippen molar-refractivity contribution in [1.29, 1.82) is 0 Å². The van der Waals surface area contributed by atoms with Crippen molar-refractivity contribution in [2.45, 2.75) is 43.9 Å². The van der Waals surface area contributed by atoms with Crippen molar-refractivity contribution >= 4 is 27.8 Å². The number of hydrogen-bond acceptors (Lipinski definition) is 6. The second kappa shape index (κ2) is 9.51. The number of carbonyl (C=O) groups is 2. The highest BCUT2D eigenvalue weighted by atomic mass is 32.2. The number of sulfonamides is 1. The van der Waals surface area contributed by atoms with Gasteiger partial charge >= 0.3 is 12.1 Å². The van der Waals surface area contributed by atoms with Gasteiger partial charge in [0.05, 0.1) is 29.6 Å². The van der Waals surface area contributed by atoms with Crippen LogP contribution in [0.5, 0.6) is 0 Å². The molecule has 0 unspecified atom stereocenters. The third-order valence-corrected chi connectivity index (χ3v) is 7.61. The van der Waals surface area contributed by atoms with Gasteiger partial charge < -0.3 is 14.4 Å². The predicted octanol–water partition coefficient (Wildman–Crippen LogP) is 3.24. The maximum atomic E-state index is 13.4. The van der Waals surface area contributed by atoms with Crippen LogP contribution in [-0.4, -0.2) is 51.6 Å². The summed E-state index contributed by atoms with van der Waals surface area (Å²) in [5.41, 5.74) is 3.42. The van der Waals surface area contributed by atoms with E-state index in [1.807, 2.05) is 0 Å². The minimum absolute atomic E-state index is 0.00148. The Hall–Kier alpha value is -3.70. The number of carbonyl (C=O) groups excluding carboxylic acids is 1. The number of benzene rings is 2. The molecule has 0 radical (unpaired) electrons. The van der Waals surface area contributed by atoms with Crippen molar-refractivity contribution in [3.8, 4) is 11.1 Å². The van der Waals surface area contributed by atoms with Crippen LogP contribution in [0.25, 0.3) is 11.1 Å². The molecular weight excluding hydrogens is 472 g/mol. The number of rotatable bonds is 6. The van der Waals surface area contributed by atoms with Crippen molar-refractivity contribution in [3.05, 3.63) is 66.2 Å². The molecule has 1 aliphatic heterocycles. The lowest BCUT2D eigenvalue weighted by Crippen LogP contribution is -2.48. The fourth-order valence-electron chi connectivity index (χ4n) is 3.97. The number of aryl methyl sites for hydroxylation is 1. The molecule has 0 bridgehead atoms. The SMILES string of the molecule is CC(C)OC(=O)Nc1ccc(-c2ccc(S(=O)(=O)N3Cc4ncn(C)c4C[C@@H]3C(=O)O)cc2)cc1. The van der Waals surface area contributed by atoms with Crippen LogP contribution >= 0.6 is 0 Å². The largest absolute Gasteiger partial charge is 0.480 e. The monoisotopic (exact) mass is 498 g/mol. The summed E-state index contributed by atoms with van der Waals surface area (Å²) in [6.07, 6.45) is 0.829. The van der Waals surface area contributed by atoms with E-state index in [0.29, 0.717) is 11.4 Å². The summed E-state index contributed by atoms with van der Waals surface area (Å²) in [5, 5.41) is 12.4. The Balaban J connectivity index is 1.54. The first kappa shape index (κ1) is 24.4. The first-order valence-electron chi connectivity index (χ1n) is 11.0. The van der Waals surface area contributed by atoms with E-state index in [1.165, 1.54) is 12.1 Å². The fourth-order valence-corrected chi connectivity index (χ4v) is 5.51. The van der Waals surface area contributed by atoms with Gasteiger partial charge in [0.15, 0.2) is 0 Å². The van der Waals surface area contributed by atoms with Gasteiger partial charge in [-0.05, 0) is 49.2 Å². The lowest BCUT2D eigenvalue weighted by molar-refractivity contribution is -0.141. The van der Waals surface area contributed by atoms with Gasteiger partial charge in [-0.25, -0.2) is 18.2 Å². The van der Waals surface area contributed by atoms with Crippen LogP contribution in [0.15, 0.2) is 59.8 Å². The van der Waals surface area contributed by atoms with E-state index < -0.39 is 28.1 Å². The van der Waals surface area contributed by atoms with Crippen LogP contribution < -0.4 is 5.32 Å². The van der Waals surface area contributed by atoms with E-state index in [-0.39, 0.29) is 24.0 Å². The van der Waals surface area contributed by atoms with E-state index in [1.54, 1.807) is 68.2 Å². The molecule has 2 N–H and O–H groups in total. The van der Waals surface area contributed by atoms with Gasteiger partial charge in [0, 0.05) is 24.8 Å². The molecule has 0 spiro atoms. The minimum atomic E-state index is -4.08. The topological polar surface area (TPSA) is 131 Å². The molecule has 35 heavy (non-hydrogen) atoms. The Bertz CT molecular complexity index is 1350. The number of fused-ring (bicyclic) bond motifs is 1. The van der Waals surface area contributed by atoms with Crippen molar-refractivity contribution in [1.82, 2.24) is 13.9 Å². The second-order valence-electron chi connectivity index (χ2n) is 8.54. The van der Waals surface area contributed by atoms with Crippen LogP contribution in [-0.2, 0) is 39.6 Å². The Morgan fingerprint density at radius 1 is 1.09 bits per heavy atom.